The van der Waals surface area contributed by atoms with Crippen molar-refractivity contribution in [3.63, 3.8) is 0 Å². The molecule has 2 fully saturated rings. The third-order valence-corrected chi connectivity index (χ3v) is 9.14. The number of benzene rings is 1. The number of amidine groups is 1. The quantitative estimate of drug-likeness (QED) is 0.339. The van der Waals surface area contributed by atoms with E-state index in [4.69, 9.17) is 11.1 Å². The molecule has 34 heavy (non-hydrogen) atoms. The van der Waals surface area contributed by atoms with Crippen molar-refractivity contribution in [1.82, 2.24) is 4.90 Å². The smallest absolute Gasteiger partial charge is 0.225 e. The number of amides is 1. The Morgan fingerprint density at radius 2 is 1.85 bits per heavy atom. The fraction of sp³-hybridized carbons (Fsp3) is 0.724. The molecule has 190 valence electrons. The standard InChI is InChI=1S/C29H47N3O2/c1-4-22(2)29(25-12-6-5-7-13-25)17-8-11-24(21-28(34)15-9-16-28)23(3)27(33)32(19-10-18-29)20-14-26(30)31/h5-7,12-13,22-24,34H,4,8-11,14-21H2,1-3H3,(H3,30,31)/t22?,23?,24?,29-/m0/s1. The van der Waals surface area contributed by atoms with E-state index in [0.717, 1.165) is 64.2 Å². The van der Waals surface area contributed by atoms with E-state index < -0.39 is 5.60 Å². The number of aliphatic hydroxyl groups is 1. The van der Waals surface area contributed by atoms with Crippen LogP contribution in [0.2, 0.25) is 0 Å². The van der Waals surface area contributed by atoms with Crippen LogP contribution in [-0.4, -0.2) is 40.4 Å². The number of nitrogens with one attached hydrogen (secondary N) is 1. The van der Waals surface area contributed by atoms with Gasteiger partial charge in [-0.05, 0) is 74.2 Å². The van der Waals surface area contributed by atoms with Crippen molar-refractivity contribution in [3.8, 4) is 0 Å². The second-order valence-electron chi connectivity index (χ2n) is 11.3. The van der Waals surface area contributed by atoms with Gasteiger partial charge in [0.25, 0.3) is 0 Å². The van der Waals surface area contributed by atoms with E-state index >= 15 is 0 Å². The SMILES string of the molecule is CCC(C)[C@]1(c2ccccc2)CCCC(CC2(O)CCC2)C(C)C(=O)N(CCC(=N)N)CCC1. The summed E-state index contributed by atoms with van der Waals surface area (Å²) in [5, 5.41) is 18.7. The van der Waals surface area contributed by atoms with Gasteiger partial charge in [0.15, 0.2) is 0 Å². The van der Waals surface area contributed by atoms with E-state index in [2.05, 4.69) is 51.1 Å². The molecule has 5 nitrogen and oxygen atoms in total. The maximum absolute atomic E-state index is 13.6. The third kappa shape index (κ3) is 6.21. The Hall–Kier alpha value is -1.88. The molecular weight excluding hydrogens is 422 g/mol. The molecule has 0 spiro atoms. The molecule has 5 heteroatoms. The number of carbonyl (C=O) groups is 1. The van der Waals surface area contributed by atoms with Gasteiger partial charge >= 0.3 is 0 Å². The van der Waals surface area contributed by atoms with Gasteiger partial charge in [-0.2, -0.15) is 0 Å². The predicted molar refractivity (Wildman–Crippen MR) is 140 cm³/mol. The summed E-state index contributed by atoms with van der Waals surface area (Å²) in [5.41, 5.74) is 6.60. The van der Waals surface area contributed by atoms with Crippen LogP contribution in [0.4, 0.5) is 0 Å². The number of rotatable bonds is 8. The van der Waals surface area contributed by atoms with Gasteiger partial charge in [0.2, 0.25) is 5.91 Å². The number of nitrogens with zero attached hydrogens (tertiary/aromatic N) is 1. The molecule has 3 rings (SSSR count). The molecule has 1 aromatic carbocycles. The van der Waals surface area contributed by atoms with Crippen LogP contribution in [0.25, 0.3) is 0 Å². The third-order valence-electron chi connectivity index (χ3n) is 9.14. The van der Waals surface area contributed by atoms with Gasteiger partial charge in [-0.25, -0.2) is 0 Å². The molecule has 0 bridgehead atoms. The minimum absolute atomic E-state index is 0.0941. The molecule has 0 aromatic heterocycles. The van der Waals surface area contributed by atoms with Crippen LogP contribution in [-0.2, 0) is 10.2 Å². The minimum Gasteiger partial charge on any atom is -0.390 e. The number of nitrogens with two attached hydrogens (primary N) is 1. The van der Waals surface area contributed by atoms with E-state index in [1.54, 1.807) is 0 Å². The zero-order valence-electron chi connectivity index (χ0n) is 21.7. The van der Waals surface area contributed by atoms with Crippen molar-refractivity contribution in [2.45, 2.75) is 102 Å². The van der Waals surface area contributed by atoms with Crippen LogP contribution in [0.1, 0.15) is 97.0 Å². The van der Waals surface area contributed by atoms with Crippen molar-refractivity contribution >= 4 is 11.7 Å². The lowest BCUT2D eigenvalue weighted by molar-refractivity contribution is -0.138. The Morgan fingerprint density at radius 3 is 2.44 bits per heavy atom. The maximum atomic E-state index is 13.6. The zero-order chi connectivity index (χ0) is 24.8. The summed E-state index contributed by atoms with van der Waals surface area (Å²) in [6, 6.07) is 11.0. The molecule has 1 saturated carbocycles. The lowest BCUT2D eigenvalue weighted by Crippen LogP contribution is -2.44. The highest BCUT2D eigenvalue weighted by atomic mass is 16.3. The van der Waals surface area contributed by atoms with Crippen molar-refractivity contribution < 1.29 is 9.90 Å². The number of hydrogen-bond acceptors (Lipinski definition) is 3. The van der Waals surface area contributed by atoms with Crippen molar-refractivity contribution in [2.75, 3.05) is 13.1 Å². The van der Waals surface area contributed by atoms with Gasteiger partial charge in [-0.1, -0.05) is 63.9 Å². The first-order valence-corrected chi connectivity index (χ1v) is 13.6. The number of carbonyl (C=O) groups excluding carboxylic acids is 1. The molecule has 1 aliphatic heterocycles. The van der Waals surface area contributed by atoms with E-state index in [0.29, 0.717) is 25.4 Å². The number of hydrogen-bond donors (Lipinski definition) is 3. The molecule has 1 saturated heterocycles. The summed E-state index contributed by atoms with van der Waals surface area (Å²) in [4.78, 5) is 15.6. The Balaban J connectivity index is 1.92. The summed E-state index contributed by atoms with van der Waals surface area (Å²) < 4.78 is 0. The highest BCUT2D eigenvalue weighted by Gasteiger charge is 2.42. The lowest BCUT2D eigenvalue weighted by Gasteiger charge is -2.42. The van der Waals surface area contributed by atoms with Crippen molar-refractivity contribution in [3.05, 3.63) is 35.9 Å². The second kappa shape index (κ2) is 11.7. The average molecular weight is 470 g/mol. The molecule has 1 aliphatic carbocycles. The van der Waals surface area contributed by atoms with Gasteiger partial charge in [0.05, 0.1) is 11.4 Å². The van der Waals surface area contributed by atoms with Gasteiger partial charge in [-0.15, -0.1) is 0 Å². The molecule has 0 radical (unpaired) electrons. The summed E-state index contributed by atoms with van der Waals surface area (Å²) in [6.07, 6.45) is 10.2. The molecule has 1 amide bonds. The predicted octanol–water partition coefficient (Wildman–Crippen LogP) is 5.65. The Morgan fingerprint density at radius 1 is 1.18 bits per heavy atom. The van der Waals surface area contributed by atoms with Crippen LogP contribution >= 0.6 is 0 Å². The fourth-order valence-electron chi connectivity index (χ4n) is 6.50. The summed E-state index contributed by atoms with van der Waals surface area (Å²) in [7, 11) is 0. The molecule has 4 atom stereocenters. The van der Waals surface area contributed by atoms with Gasteiger partial charge in [-0.3, -0.25) is 10.2 Å². The molecule has 2 aliphatic rings. The maximum Gasteiger partial charge on any atom is 0.225 e. The van der Waals surface area contributed by atoms with Crippen molar-refractivity contribution in [2.24, 2.45) is 23.5 Å². The summed E-state index contributed by atoms with van der Waals surface area (Å²) >= 11 is 0. The van der Waals surface area contributed by atoms with E-state index in [9.17, 15) is 9.90 Å². The Kier molecular flexibility index (Phi) is 9.20. The van der Waals surface area contributed by atoms with Gasteiger partial charge in [0, 0.05) is 25.4 Å². The van der Waals surface area contributed by atoms with Crippen LogP contribution in [0.5, 0.6) is 0 Å². The van der Waals surface area contributed by atoms with E-state index in [1.807, 2.05) is 4.90 Å². The van der Waals surface area contributed by atoms with E-state index in [1.165, 1.54) is 5.56 Å². The van der Waals surface area contributed by atoms with E-state index in [-0.39, 0.29) is 29.0 Å². The molecule has 4 N–H and O–H groups in total. The van der Waals surface area contributed by atoms with Gasteiger partial charge in [0.1, 0.15) is 0 Å². The highest BCUT2D eigenvalue weighted by molar-refractivity contribution is 5.81. The lowest BCUT2D eigenvalue weighted by atomic mass is 9.63. The monoisotopic (exact) mass is 469 g/mol. The fourth-order valence-corrected chi connectivity index (χ4v) is 6.50. The van der Waals surface area contributed by atoms with Crippen LogP contribution in [0.15, 0.2) is 30.3 Å². The topological polar surface area (TPSA) is 90.4 Å². The Bertz CT molecular complexity index is 807. The molecular formula is C29H47N3O2. The zero-order valence-corrected chi connectivity index (χ0v) is 21.7. The van der Waals surface area contributed by atoms with Gasteiger partial charge < -0.3 is 15.7 Å². The largest absolute Gasteiger partial charge is 0.390 e. The minimum atomic E-state index is -0.586. The van der Waals surface area contributed by atoms with Crippen LogP contribution < -0.4 is 5.73 Å². The van der Waals surface area contributed by atoms with Crippen LogP contribution in [0, 0.1) is 23.2 Å². The molecule has 1 heterocycles. The first-order chi connectivity index (χ1) is 16.2. The van der Waals surface area contributed by atoms with Crippen molar-refractivity contribution in [1.29, 1.82) is 5.41 Å². The summed E-state index contributed by atoms with van der Waals surface area (Å²) in [6.45, 7) is 7.96. The summed E-state index contributed by atoms with van der Waals surface area (Å²) in [5.74, 6) is 0.910. The first kappa shape index (κ1) is 26.7. The highest BCUT2D eigenvalue weighted by Crippen LogP contribution is 2.46. The second-order valence-corrected chi connectivity index (χ2v) is 11.3. The molecule has 1 aromatic rings. The van der Waals surface area contributed by atoms with Crippen LogP contribution in [0.3, 0.4) is 0 Å². The first-order valence-electron chi connectivity index (χ1n) is 13.6. The molecule has 3 unspecified atom stereocenters. The average Bonchev–Trinajstić information content (AvgIpc) is 2.83. The Labute approximate surface area is 207 Å². The normalized spacial score (nSPS) is 29.1.